The van der Waals surface area contributed by atoms with Crippen molar-refractivity contribution in [1.82, 2.24) is 9.88 Å². The molecule has 5 nitrogen and oxygen atoms in total. The highest BCUT2D eigenvalue weighted by Gasteiger charge is 2.34. The van der Waals surface area contributed by atoms with Crippen LogP contribution in [-0.2, 0) is 11.2 Å². The van der Waals surface area contributed by atoms with Crippen LogP contribution in [0.2, 0.25) is 0 Å². The van der Waals surface area contributed by atoms with Crippen molar-refractivity contribution in [2.45, 2.75) is 51.2 Å². The molecule has 0 radical (unpaired) electrons. The van der Waals surface area contributed by atoms with Gasteiger partial charge in [-0.25, -0.2) is 4.79 Å². The molecule has 0 spiro atoms. The maximum Gasteiger partial charge on any atom is 0.410 e. The molecule has 1 aliphatic rings. The Hall–Kier alpha value is -1.62. The number of nitrogens with two attached hydrogens (primary N) is 1. The third kappa shape index (κ3) is 4.70. The molecule has 21 heavy (non-hydrogen) atoms. The van der Waals surface area contributed by atoms with Gasteiger partial charge in [-0.3, -0.25) is 4.98 Å². The minimum Gasteiger partial charge on any atom is -0.444 e. The number of ether oxygens (including phenoxy) is 1. The normalized spacial score (nSPS) is 18.4. The van der Waals surface area contributed by atoms with Gasteiger partial charge in [0.1, 0.15) is 5.60 Å². The summed E-state index contributed by atoms with van der Waals surface area (Å²) in [5.41, 5.74) is 6.97. The summed E-state index contributed by atoms with van der Waals surface area (Å²) in [6, 6.07) is 3.99. The standard InChI is InChI=1S/C16H25N3O2/c1-15(2,3)21-14(20)19-10-6-16(17,7-11-19)12-13-4-8-18-9-5-13/h4-5,8-9H,6-7,10-12,17H2,1-3H3. The van der Waals surface area contributed by atoms with Crippen LogP contribution in [0.1, 0.15) is 39.2 Å². The first kappa shape index (κ1) is 15.8. The average molecular weight is 291 g/mol. The van der Waals surface area contributed by atoms with Crippen molar-refractivity contribution in [2.24, 2.45) is 5.73 Å². The summed E-state index contributed by atoms with van der Waals surface area (Å²) in [7, 11) is 0. The fourth-order valence-electron chi connectivity index (χ4n) is 2.55. The lowest BCUT2D eigenvalue weighted by Gasteiger charge is -2.39. The molecule has 1 amide bonds. The number of carbonyl (C=O) groups is 1. The number of nitrogens with zero attached hydrogens (tertiary/aromatic N) is 2. The Labute approximate surface area is 126 Å². The summed E-state index contributed by atoms with van der Waals surface area (Å²) in [5, 5.41) is 0. The molecule has 0 bridgehead atoms. The number of amides is 1. The Bertz CT molecular complexity index is 474. The van der Waals surface area contributed by atoms with Crippen molar-refractivity contribution in [2.75, 3.05) is 13.1 Å². The Morgan fingerprint density at radius 1 is 1.33 bits per heavy atom. The van der Waals surface area contributed by atoms with Crippen LogP contribution in [0.15, 0.2) is 24.5 Å². The van der Waals surface area contributed by atoms with Gasteiger partial charge in [0.05, 0.1) is 0 Å². The molecule has 2 rings (SSSR count). The van der Waals surface area contributed by atoms with Crippen LogP contribution in [0.3, 0.4) is 0 Å². The Morgan fingerprint density at radius 2 is 1.90 bits per heavy atom. The summed E-state index contributed by atoms with van der Waals surface area (Å²) >= 11 is 0. The summed E-state index contributed by atoms with van der Waals surface area (Å²) < 4.78 is 5.40. The molecule has 0 aliphatic carbocycles. The molecule has 2 N–H and O–H groups in total. The molecular formula is C16H25N3O2. The molecule has 116 valence electrons. The zero-order valence-corrected chi connectivity index (χ0v) is 13.1. The van der Waals surface area contributed by atoms with Gasteiger partial charge in [-0.05, 0) is 57.7 Å². The lowest BCUT2D eigenvalue weighted by Crippen LogP contribution is -2.53. The van der Waals surface area contributed by atoms with E-state index in [1.165, 1.54) is 5.56 Å². The quantitative estimate of drug-likeness (QED) is 0.908. The maximum absolute atomic E-state index is 12.0. The van der Waals surface area contributed by atoms with Gasteiger partial charge in [-0.1, -0.05) is 0 Å². The predicted molar refractivity (Wildman–Crippen MR) is 81.9 cm³/mol. The fourth-order valence-corrected chi connectivity index (χ4v) is 2.55. The molecule has 1 aromatic heterocycles. The van der Waals surface area contributed by atoms with Crippen molar-refractivity contribution < 1.29 is 9.53 Å². The first-order valence-electron chi connectivity index (χ1n) is 7.43. The van der Waals surface area contributed by atoms with E-state index >= 15 is 0 Å². The van der Waals surface area contributed by atoms with E-state index in [4.69, 9.17) is 10.5 Å². The largest absolute Gasteiger partial charge is 0.444 e. The van der Waals surface area contributed by atoms with Gasteiger partial charge >= 0.3 is 6.09 Å². The van der Waals surface area contributed by atoms with Gasteiger partial charge in [0, 0.05) is 31.0 Å². The Kier molecular flexibility index (Phi) is 4.52. The van der Waals surface area contributed by atoms with E-state index in [0.29, 0.717) is 13.1 Å². The van der Waals surface area contributed by atoms with Gasteiger partial charge in [-0.15, -0.1) is 0 Å². The average Bonchev–Trinajstić information content (AvgIpc) is 2.38. The number of likely N-dealkylation sites (tertiary alicyclic amines) is 1. The van der Waals surface area contributed by atoms with Crippen molar-refractivity contribution >= 4 is 6.09 Å². The van der Waals surface area contributed by atoms with E-state index in [-0.39, 0.29) is 11.6 Å². The van der Waals surface area contributed by atoms with Crippen molar-refractivity contribution in [3.63, 3.8) is 0 Å². The number of hydrogen-bond acceptors (Lipinski definition) is 4. The van der Waals surface area contributed by atoms with E-state index in [0.717, 1.165) is 19.3 Å². The van der Waals surface area contributed by atoms with Crippen LogP contribution in [0, 0.1) is 0 Å². The zero-order valence-electron chi connectivity index (χ0n) is 13.1. The molecule has 1 saturated heterocycles. The van der Waals surface area contributed by atoms with Crippen molar-refractivity contribution in [3.05, 3.63) is 30.1 Å². The maximum atomic E-state index is 12.0. The summed E-state index contributed by atoms with van der Waals surface area (Å²) in [4.78, 5) is 17.8. The van der Waals surface area contributed by atoms with Crippen LogP contribution in [0.4, 0.5) is 4.79 Å². The molecule has 1 fully saturated rings. The first-order chi connectivity index (χ1) is 9.77. The number of carbonyl (C=O) groups excluding carboxylic acids is 1. The fraction of sp³-hybridized carbons (Fsp3) is 0.625. The van der Waals surface area contributed by atoms with Gasteiger partial charge in [0.15, 0.2) is 0 Å². The molecule has 1 aromatic rings. The predicted octanol–water partition coefficient (Wildman–Crippen LogP) is 2.35. The number of rotatable bonds is 2. The molecule has 0 unspecified atom stereocenters. The molecular weight excluding hydrogens is 266 g/mol. The van der Waals surface area contributed by atoms with Crippen LogP contribution >= 0.6 is 0 Å². The highest BCUT2D eigenvalue weighted by Crippen LogP contribution is 2.25. The van der Waals surface area contributed by atoms with Crippen LogP contribution in [0.25, 0.3) is 0 Å². The number of aromatic nitrogens is 1. The second-order valence-electron chi connectivity index (χ2n) is 6.86. The molecule has 5 heteroatoms. The highest BCUT2D eigenvalue weighted by atomic mass is 16.6. The first-order valence-corrected chi connectivity index (χ1v) is 7.43. The van der Waals surface area contributed by atoms with Crippen LogP contribution in [0.5, 0.6) is 0 Å². The van der Waals surface area contributed by atoms with E-state index in [9.17, 15) is 4.79 Å². The Balaban J connectivity index is 1.89. The number of hydrogen-bond donors (Lipinski definition) is 1. The van der Waals surface area contributed by atoms with Crippen LogP contribution < -0.4 is 5.73 Å². The molecule has 0 atom stereocenters. The zero-order chi connectivity index (χ0) is 15.5. The second-order valence-corrected chi connectivity index (χ2v) is 6.86. The molecule has 1 aliphatic heterocycles. The highest BCUT2D eigenvalue weighted by molar-refractivity contribution is 5.68. The van der Waals surface area contributed by atoms with E-state index in [1.54, 1.807) is 17.3 Å². The molecule has 2 heterocycles. The van der Waals surface area contributed by atoms with Gasteiger partial charge in [0.25, 0.3) is 0 Å². The molecule has 0 saturated carbocycles. The summed E-state index contributed by atoms with van der Waals surface area (Å²) in [5.74, 6) is 0. The lowest BCUT2D eigenvalue weighted by molar-refractivity contribution is 0.0169. The minimum absolute atomic E-state index is 0.242. The van der Waals surface area contributed by atoms with E-state index < -0.39 is 5.60 Å². The third-order valence-electron chi connectivity index (χ3n) is 3.72. The topological polar surface area (TPSA) is 68.5 Å². The minimum atomic E-state index is -0.453. The smallest absolute Gasteiger partial charge is 0.410 e. The van der Waals surface area contributed by atoms with E-state index in [2.05, 4.69) is 4.98 Å². The molecule has 0 aromatic carbocycles. The van der Waals surface area contributed by atoms with Crippen molar-refractivity contribution in [3.8, 4) is 0 Å². The summed E-state index contributed by atoms with van der Waals surface area (Å²) in [6.45, 7) is 6.94. The number of piperidine rings is 1. The number of pyridine rings is 1. The van der Waals surface area contributed by atoms with E-state index in [1.807, 2.05) is 32.9 Å². The van der Waals surface area contributed by atoms with Gasteiger partial charge in [-0.2, -0.15) is 0 Å². The lowest BCUT2D eigenvalue weighted by atomic mass is 9.83. The second kappa shape index (κ2) is 6.02. The SMILES string of the molecule is CC(C)(C)OC(=O)N1CCC(N)(Cc2ccncc2)CC1. The van der Waals surface area contributed by atoms with Crippen LogP contribution in [-0.4, -0.2) is 40.2 Å². The monoisotopic (exact) mass is 291 g/mol. The van der Waals surface area contributed by atoms with Crippen molar-refractivity contribution in [1.29, 1.82) is 0 Å². The summed E-state index contributed by atoms with van der Waals surface area (Å²) in [6.07, 6.45) is 5.72. The Morgan fingerprint density at radius 3 is 2.43 bits per heavy atom. The third-order valence-corrected chi connectivity index (χ3v) is 3.72. The van der Waals surface area contributed by atoms with Gasteiger partial charge < -0.3 is 15.4 Å². The van der Waals surface area contributed by atoms with Gasteiger partial charge in [0.2, 0.25) is 0 Å².